The Bertz CT molecular complexity index is 491. The Morgan fingerprint density at radius 3 is 2.74 bits per heavy atom. The highest BCUT2D eigenvalue weighted by molar-refractivity contribution is 5.86. The molecule has 2 atom stereocenters. The molecular weight excluding hydrogens is 240 g/mol. The molecule has 2 unspecified atom stereocenters. The molecule has 1 fully saturated rings. The molecule has 0 bridgehead atoms. The molecule has 2 rings (SSSR count). The summed E-state index contributed by atoms with van der Waals surface area (Å²) in [6.45, 7) is 3.04. The molecule has 1 heterocycles. The first-order valence-electron chi connectivity index (χ1n) is 6.43. The smallest absolute Gasteiger partial charge is 0.244 e. The van der Waals surface area contributed by atoms with Gasteiger partial charge >= 0.3 is 0 Å². The number of carbonyl (C=O) groups is 1. The van der Waals surface area contributed by atoms with Gasteiger partial charge in [-0.05, 0) is 37.6 Å². The third kappa shape index (κ3) is 2.85. The van der Waals surface area contributed by atoms with E-state index in [2.05, 4.69) is 11.4 Å². The van der Waals surface area contributed by atoms with Crippen molar-refractivity contribution in [3.05, 3.63) is 29.8 Å². The van der Waals surface area contributed by atoms with E-state index < -0.39 is 0 Å². The molecule has 1 amide bonds. The number of nitrogens with one attached hydrogen (secondary N) is 1. The fourth-order valence-electron chi connectivity index (χ4n) is 2.31. The molecule has 1 saturated heterocycles. The number of nitrogens with two attached hydrogens (primary N) is 1. The minimum atomic E-state index is -0.349. The lowest BCUT2D eigenvalue weighted by Gasteiger charge is -2.29. The van der Waals surface area contributed by atoms with Crippen molar-refractivity contribution in [1.29, 1.82) is 5.26 Å². The molecule has 100 valence electrons. The van der Waals surface area contributed by atoms with Gasteiger partial charge in [0.25, 0.3) is 0 Å². The number of amides is 1. The fraction of sp³-hybridized carbons (Fsp3) is 0.429. The number of carbonyl (C=O) groups excluding carboxylic acids is 1. The summed E-state index contributed by atoms with van der Waals surface area (Å²) < 4.78 is 0. The number of benzene rings is 1. The van der Waals surface area contributed by atoms with E-state index >= 15 is 0 Å². The number of hydrogen-bond donors (Lipinski definition) is 2. The summed E-state index contributed by atoms with van der Waals surface area (Å²) in [5, 5.41) is 11.8. The van der Waals surface area contributed by atoms with Crippen LogP contribution in [0.25, 0.3) is 0 Å². The zero-order valence-corrected chi connectivity index (χ0v) is 11.0. The van der Waals surface area contributed by atoms with Crippen LogP contribution in [0.3, 0.4) is 0 Å². The van der Waals surface area contributed by atoms with Crippen LogP contribution in [0.15, 0.2) is 24.3 Å². The van der Waals surface area contributed by atoms with E-state index in [0.29, 0.717) is 5.56 Å². The monoisotopic (exact) mass is 258 g/mol. The molecule has 1 aromatic carbocycles. The lowest BCUT2D eigenvalue weighted by molar-refractivity contribution is -0.122. The van der Waals surface area contributed by atoms with Crippen LogP contribution in [0.4, 0.5) is 5.69 Å². The second-order valence-corrected chi connectivity index (χ2v) is 4.80. The van der Waals surface area contributed by atoms with E-state index in [9.17, 15) is 4.79 Å². The second-order valence-electron chi connectivity index (χ2n) is 4.80. The first kappa shape index (κ1) is 13.4. The highest BCUT2D eigenvalue weighted by atomic mass is 16.2. The van der Waals surface area contributed by atoms with Crippen LogP contribution in [0, 0.1) is 11.3 Å². The van der Waals surface area contributed by atoms with Gasteiger partial charge < -0.3 is 16.0 Å². The van der Waals surface area contributed by atoms with Gasteiger partial charge in [0.1, 0.15) is 6.04 Å². The molecular formula is C14H18N4O. The minimum Gasteiger partial charge on any atom is -0.358 e. The molecule has 19 heavy (non-hydrogen) atoms. The summed E-state index contributed by atoms with van der Waals surface area (Å²) in [5.74, 6) is -0.0307. The molecule has 0 saturated carbocycles. The molecule has 5 nitrogen and oxygen atoms in total. The van der Waals surface area contributed by atoms with Gasteiger partial charge in [-0.25, -0.2) is 0 Å². The Morgan fingerprint density at radius 1 is 1.47 bits per heavy atom. The Morgan fingerprint density at radius 2 is 2.16 bits per heavy atom. The standard InChI is InChI=1S/C14H18N4O/c1-10-6-7-18(13(9-16)14(19)17-10)12-4-2-11(8-15)3-5-12/h2-5,10,13H,6-7,9,16H2,1H3,(H,17,19). The average Bonchev–Trinajstić information content (AvgIpc) is 2.57. The maximum atomic E-state index is 12.1. The van der Waals surface area contributed by atoms with Crippen molar-refractivity contribution in [2.45, 2.75) is 25.4 Å². The summed E-state index contributed by atoms with van der Waals surface area (Å²) in [6.07, 6.45) is 0.877. The van der Waals surface area contributed by atoms with Crippen LogP contribution < -0.4 is 16.0 Å². The quantitative estimate of drug-likeness (QED) is 0.814. The number of anilines is 1. The summed E-state index contributed by atoms with van der Waals surface area (Å²) in [6, 6.07) is 9.15. The highest BCUT2D eigenvalue weighted by Crippen LogP contribution is 2.20. The Labute approximate surface area is 113 Å². The van der Waals surface area contributed by atoms with E-state index in [1.165, 1.54) is 0 Å². The van der Waals surface area contributed by atoms with Crippen molar-refractivity contribution in [2.24, 2.45) is 5.73 Å². The zero-order valence-electron chi connectivity index (χ0n) is 11.0. The predicted octanol–water partition coefficient (Wildman–Crippen LogP) is 0.600. The van der Waals surface area contributed by atoms with Crippen LogP contribution in [0.1, 0.15) is 18.9 Å². The van der Waals surface area contributed by atoms with E-state index in [0.717, 1.165) is 18.7 Å². The summed E-state index contributed by atoms with van der Waals surface area (Å²) >= 11 is 0. The number of nitriles is 1. The van der Waals surface area contributed by atoms with Gasteiger partial charge in [0, 0.05) is 24.8 Å². The Kier molecular flexibility index (Phi) is 4.03. The van der Waals surface area contributed by atoms with E-state index in [1.54, 1.807) is 12.1 Å². The molecule has 1 aliphatic rings. The van der Waals surface area contributed by atoms with Gasteiger partial charge in [0.05, 0.1) is 11.6 Å². The van der Waals surface area contributed by atoms with E-state index in [1.807, 2.05) is 24.0 Å². The predicted molar refractivity (Wildman–Crippen MR) is 73.6 cm³/mol. The summed E-state index contributed by atoms with van der Waals surface area (Å²) in [4.78, 5) is 14.1. The zero-order chi connectivity index (χ0) is 13.8. The number of rotatable bonds is 2. The van der Waals surface area contributed by atoms with Gasteiger partial charge in [-0.2, -0.15) is 5.26 Å². The van der Waals surface area contributed by atoms with Crippen molar-refractivity contribution in [3.8, 4) is 6.07 Å². The lowest BCUT2D eigenvalue weighted by atomic mass is 10.1. The first-order valence-corrected chi connectivity index (χ1v) is 6.43. The topological polar surface area (TPSA) is 82.2 Å². The number of hydrogen-bond acceptors (Lipinski definition) is 4. The van der Waals surface area contributed by atoms with Crippen molar-refractivity contribution in [3.63, 3.8) is 0 Å². The van der Waals surface area contributed by atoms with Crippen molar-refractivity contribution >= 4 is 11.6 Å². The van der Waals surface area contributed by atoms with Crippen LogP contribution in [0.2, 0.25) is 0 Å². The molecule has 3 N–H and O–H groups in total. The van der Waals surface area contributed by atoms with Gasteiger partial charge in [-0.15, -0.1) is 0 Å². The molecule has 1 aliphatic heterocycles. The molecule has 0 aliphatic carbocycles. The maximum absolute atomic E-state index is 12.1. The SMILES string of the molecule is CC1CCN(c2ccc(C#N)cc2)C(CN)C(=O)N1. The van der Waals surface area contributed by atoms with Crippen LogP contribution >= 0.6 is 0 Å². The Balaban J connectivity index is 2.28. The largest absolute Gasteiger partial charge is 0.358 e. The van der Waals surface area contributed by atoms with E-state index in [4.69, 9.17) is 11.0 Å². The van der Waals surface area contributed by atoms with E-state index in [-0.39, 0.29) is 24.5 Å². The van der Waals surface area contributed by atoms with Crippen LogP contribution in [0.5, 0.6) is 0 Å². The fourth-order valence-corrected chi connectivity index (χ4v) is 2.31. The molecule has 5 heteroatoms. The molecule has 0 spiro atoms. The van der Waals surface area contributed by atoms with Crippen molar-refractivity contribution in [2.75, 3.05) is 18.0 Å². The molecule has 0 aromatic heterocycles. The van der Waals surface area contributed by atoms with Gasteiger partial charge in [-0.3, -0.25) is 4.79 Å². The lowest BCUT2D eigenvalue weighted by Crippen LogP contribution is -2.49. The maximum Gasteiger partial charge on any atom is 0.244 e. The third-order valence-electron chi connectivity index (χ3n) is 3.42. The minimum absolute atomic E-state index is 0.0307. The van der Waals surface area contributed by atoms with Crippen LogP contribution in [-0.2, 0) is 4.79 Å². The van der Waals surface area contributed by atoms with Crippen molar-refractivity contribution in [1.82, 2.24) is 5.32 Å². The Hall–Kier alpha value is -2.06. The number of nitrogens with zero attached hydrogens (tertiary/aromatic N) is 2. The summed E-state index contributed by atoms with van der Waals surface area (Å²) in [5.41, 5.74) is 7.28. The third-order valence-corrected chi connectivity index (χ3v) is 3.42. The van der Waals surface area contributed by atoms with Gasteiger partial charge in [0.15, 0.2) is 0 Å². The summed E-state index contributed by atoms with van der Waals surface area (Å²) in [7, 11) is 0. The van der Waals surface area contributed by atoms with Gasteiger partial charge in [0.2, 0.25) is 5.91 Å². The molecule has 0 radical (unpaired) electrons. The molecule has 1 aromatic rings. The first-order chi connectivity index (χ1) is 9.15. The van der Waals surface area contributed by atoms with Crippen molar-refractivity contribution < 1.29 is 4.79 Å². The average molecular weight is 258 g/mol. The highest BCUT2D eigenvalue weighted by Gasteiger charge is 2.29. The second kappa shape index (κ2) is 5.72. The normalized spacial score (nSPS) is 23.4. The van der Waals surface area contributed by atoms with Crippen LogP contribution in [-0.4, -0.2) is 31.1 Å². The van der Waals surface area contributed by atoms with Gasteiger partial charge in [-0.1, -0.05) is 0 Å².